The van der Waals surface area contributed by atoms with Crippen LogP contribution in [0, 0.1) is 13.8 Å². The number of halogens is 3. The van der Waals surface area contributed by atoms with Crippen molar-refractivity contribution in [2.75, 3.05) is 13.2 Å². The highest BCUT2D eigenvalue weighted by molar-refractivity contribution is 7.80. The van der Waals surface area contributed by atoms with Gasteiger partial charge in [-0.15, -0.1) is 0 Å². The second kappa shape index (κ2) is 9.69. The Labute approximate surface area is 206 Å². The van der Waals surface area contributed by atoms with Gasteiger partial charge in [-0.25, -0.2) is 0 Å². The quantitative estimate of drug-likeness (QED) is 0.376. The third-order valence-electron chi connectivity index (χ3n) is 6.02. The highest BCUT2D eigenvalue weighted by Gasteiger charge is 2.42. The van der Waals surface area contributed by atoms with Crippen LogP contribution in [0.3, 0.4) is 0 Å². The molecule has 4 rings (SSSR count). The molecule has 35 heavy (non-hydrogen) atoms. The Kier molecular flexibility index (Phi) is 6.84. The lowest BCUT2D eigenvalue weighted by atomic mass is 9.97. The zero-order valence-electron chi connectivity index (χ0n) is 19.5. The summed E-state index contributed by atoms with van der Waals surface area (Å²) in [6.45, 7) is 5.59. The van der Waals surface area contributed by atoms with Gasteiger partial charge in [0.05, 0.1) is 29.9 Å². The number of carbonyl (C=O) groups excluding carboxylic acids is 1. The number of hydrogen-bond donors (Lipinski definition) is 1. The van der Waals surface area contributed by atoms with E-state index in [-0.39, 0.29) is 19.2 Å². The van der Waals surface area contributed by atoms with Gasteiger partial charge < -0.3 is 19.5 Å². The lowest BCUT2D eigenvalue weighted by Crippen LogP contribution is -2.35. The molecule has 1 aromatic carbocycles. The van der Waals surface area contributed by atoms with Crippen LogP contribution in [0.25, 0.3) is 5.69 Å². The number of thiocarbonyl (C=S) groups is 1. The minimum absolute atomic E-state index is 0.0686. The van der Waals surface area contributed by atoms with Crippen molar-refractivity contribution in [3.63, 3.8) is 0 Å². The molecule has 2 atom stereocenters. The van der Waals surface area contributed by atoms with Gasteiger partial charge >= 0.3 is 12.1 Å². The lowest BCUT2D eigenvalue weighted by molar-refractivity contribution is -0.143. The maximum absolute atomic E-state index is 13.4. The molecule has 3 heterocycles. The summed E-state index contributed by atoms with van der Waals surface area (Å²) in [5.74, 6) is -0.421. The summed E-state index contributed by atoms with van der Waals surface area (Å²) in [6, 6.07) is 11.9. The van der Waals surface area contributed by atoms with Gasteiger partial charge in [0.15, 0.2) is 5.11 Å². The Balaban J connectivity index is 1.82. The number of aryl methyl sites for hydroxylation is 1. The smallest absolute Gasteiger partial charge is 0.416 e. The van der Waals surface area contributed by atoms with Crippen molar-refractivity contribution >= 4 is 23.3 Å². The molecule has 0 aliphatic carbocycles. The molecular formula is C25H25F3N4O2S. The van der Waals surface area contributed by atoms with Gasteiger partial charge in [0.2, 0.25) is 0 Å². The van der Waals surface area contributed by atoms with E-state index in [1.165, 1.54) is 6.07 Å². The van der Waals surface area contributed by atoms with E-state index in [1.807, 2.05) is 38.1 Å². The maximum Gasteiger partial charge on any atom is 0.416 e. The molecule has 0 radical (unpaired) electrons. The monoisotopic (exact) mass is 502 g/mol. The van der Waals surface area contributed by atoms with E-state index < -0.39 is 23.8 Å². The van der Waals surface area contributed by atoms with Gasteiger partial charge in [0.1, 0.15) is 6.54 Å². The predicted molar refractivity (Wildman–Crippen MR) is 129 cm³/mol. The number of nitrogens with one attached hydrogen (secondary N) is 1. The van der Waals surface area contributed by atoms with Crippen molar-refractivity contribution in [2.24, 2.45) is 0 Å². The van der Waals surface area contributed by atoms with Gasteiger partial charge in [-0.3, -0.25) is 9.78 Å². The molecule has 184 valence electrons. The molecule has 1 N–H and O–H groups in total. The number of alkyl halides is 3. The Morgan fingerprint density at radius 3 is 2.60 bits per heavy atom. The Bertz CT molecular complexity index is 1240. The fourth-order valence-electron chi connectivity index (χ4n) is 4.57. The van der Waals surface area contributed by atoms with Crippen molar-refractivity contribution in [1.29, 1.82) is 0 Å². The van der Waals surface area contributed by atoms with Crippen LogP contribution >= 0.6 is 12.2 Å². The van der Waals surface area contributed by atoms with Crippen LogP contribution in [-0.2, 0) is 15.7 Å². The van der Waals surface area contributed by atoms with E-state index in [0.717, 1.165) is 34.8 Å². The molecule has 6 nitrogen and oxygen atoms in total. The van der Waals surface area contributed by atoms with Gasteiger partial charge in [0.25, 0.3) is 0 Å². The van der Waals surface area contributed by atoms with Crippen molar-refractivity contribution in [3.05, 3.63) is 82.9 Å². The van der Waals surface area contributed by atoms with E-state index >= 15 is 0 Å². The summed E-state index contributed by atoms with van der Waals surface area (Å²) in [4.78, 5) is 18.6. The third-order valence-corrected chi connectivity index (χ3v) is 6.38. The van der Waals surface area contributed by atoms with Crippen LogP contribution in [0.5, 0.6) is 0 Å². The summed E-state index contributed by atoms with van der Waals surface area (Å²) in [5.41, 5.74) is 2.74. The van der Waals surface area contributed by atoms with Crippen LogP contribution in [0.4, 0.5) is 13.2 Å². The molecule has 3 aromatic rings. The van der Waals surface area contributed by atoms with E-state index in [1.54, 1.807) is 28.7 Å². The maximum atomic E-state index is 13.4. The summed E-state index contributed by atoms with van der Waals surface area (Å²) in [6.07, 6.45) is -2.77. The number of hydrogen-bond acceptors (Lipinski definition) is 4. The van der Waals surface area contributed by atoms with E-state index in [2.05, 4.69) is 10.3 Å². The molecule has 10 heteroatoms. The summed E-state index contributed by atoms with van der Waals surface area (Å²) < 4.78 is 47.0. The largest absolute Gasteiger partial charge is 0.465 e. The number of carbonyl (C=O) groups is 1. The molecule has 0 spiro atoms. The summed E-state index contributed by atoms with van der Waals surface area (Å²) in [5, 5.41) is 3.65. The summed E-state index contributed by atoms with van der Waals surface area (Å²) >= 11 is 5.58. The second-order valence-electron chi connectivity index (χ2n) is 8.27. The summed E-state index contributed by atoms with van der Waals surface area (Å²) in [7, 11) is 0. The molecule has 1 fully saturated rings. The number of rotatable bonds is 6. The number of nitrogens with zero attached hydrogens (tertiary/aromatic N) is 3. The first-order valence-corrected chi connectivity index (χ1v) is 11.5. The van der Waals surface area contributed by atoms with E-state index in [0.29, 0.717) is 10.8 Å². The number of benzene rings is 1. The minimum Gasteiger partial charge on any atom is -0.465 e. The van der Waals surface area contributed by atoms with Crippen molar-refractivity contribution in [2.45, 2.75) is 39.0 Å². The van der Waals surface area contributed by atoms with Gasteiger partial charge in [-0.2, -0.15) is 13.2 Å². The van der Waals surface area contributed by atoms with Crippen LogP contribution in [0.1, 0.15) is 47.2 Å². The normalized spacial score (nSPS) is 18.0. The van der Waals surface area contributed by atoms with Crippen LogP contribution in [0.15, 0.2) is 54.7 Å². The number of ether oxygens (including phenoxy) is 1. The third kappa shape index (κ3) is 4.88. The molecule has 2 aromatic heterocycles. The average molecular weight is 503 g/mol. The van der Waals surface area contributed by atoms with Gasteiger partial charge in [-0.05, 0) is 75.0 Å². The van der Waals surface area contributed by atoms with E-state index in [9.17, 15) is 18.0 Å². The molecule has 1 aliphatic rings. The Hall–Kier alpha value is -3.40. The lowest BCUT2D eigenvalue weighted by Gasteiger charge is -2.27. The molecule has 1 aliphatic heterocycles. The van der Waals surface area contributed by atoms with Crippen molar-refractivity contribution in [1.82, 2.24) is 19.8 Å². The first kappa shape index (κ1) is 24.7. The van der Waals surface area contributed by atoms with Crippen molar-refractivity contribution < 1.29 is 22.7 Å². The number of aromatic nitrogens is 2. The standard InChI is InChI=1S/C25H25F3N4O2S/c1-4-34-21(33)14-31-23(22(30-24(31)35)20-10-5-6-11-29-20)19-12-15(2)32(16(19)3)18-9-7-8-17(13-18)25(26,27)28/h5-13,22-23H,4,14H2,1-3H3,(H,30,35)/t22-,23-/m0/s1. The van der Waals surface area contributed by atoms with Gasteiger partial charge in [0, 0.05) is 23.3 Å². The SMILES string of the molecule is CCOC(=O)CN1C(=S)N[C@@H](c2ccccn2)[C@@H]1c1cc(C)n(-c2cccc(C(F)(F)F)c2)c1C. The molecule has 0 saturated carbocycles. The topological polar surface area (TPSA) is 59.4 Å². The fourth-order valence-corrected chi connectivity index (χ4v) is 4.87. The first-order chi connectivity index (χ1) is 16.6. The molecule has 0 unspecified atom stereocenters. The Morgan fingerprint density at radius 1 is 1.17 bits per heavy atom. The van der Waals surface area contributed by atoms with Gasteiger partial charge in [-0.1, -0.05) is 12.1 Å². The average Bonchev–Trinajstić information content (AvgIpc) is 3.29. The highest BCUT2D eigenvalue weighted by atomic mass is 32.1. The zero-order valence-corrected chi connectivity index (χ0v) is 20.3. The van der Waals surface area contributed by atoms with Crippen LogP contribution in [-0.4, -0.2) is 38.7 Å². The molecule has 0 amide bonds. The fraction of sp³-hybridized carbons (Fsp3) is 0.320. The van der Waals surface area contributed by atoms with Crippen molar-refractivity contribution in [3.8, 4) is 5.69 Å². The van der Waals surface area contributed by atoms with Crippen LogP contribution < -0.4 is 5.32 Å². The molecular weight excluding hydrogens is 477 g/mol. The number of esters is 1. The first-order valence-electron chi connectivity index (χ1n) is 11.1. The minimum atomic E-state index is -4.45. The highest BCUT2D eigenvalue weighted by Crippen LogP contribution is 2.41. The van der Waals surface area contributed by atoms with Crippen LogP contribution in [0.2, 0.25) is 0 Å². The molecule has 0 bridgehead atoms. The molecule has 1 saturated heterocycles. The Morgan fingerprint density at radius 2 is 1.94 bits per heavy atom. The van der Waals surface area contributed by atoms with E-state index in [4.69, 9.17) is 17.0 Å². The second-order valence-corrected chi connectivity index (χ2v) is 8.66. The zero-order chi connectivity index (χ0) is 25.3. The predicted octanol–water partition coefficient (Wildman–Crippen LogP) is 5.04. The number of pyridine rings is 1.